The zero-order valence-electron chi connectivity index (χ0n) is 12.8. The van der Waals surface area contributed by atoms with Gasteiger partial charge in [0, 0.05) is 6.04 Å². The predicted molar refractivity (Wildman–Crippen MR) is 80.0 cm³/mol. The number of ether oxygens (including phenoxy) is 2. The molecular weight excluding hydrogens is 238 g/mol. The third kappa shape index (κ3) is 4.43. The van der Waals surface area contributed by atoms with Gasteiger partial charge in [-0.3, -0.25) is 0 Å². The Balaban J connectivity index is 3.04. The molecule has 0 fully saturated rings. The van der Waals surface area contributed by atoms with Crippen molar-refractivity contribution in [1.82, 2.24) is 5.32 Å². The molecule has 0 aromatic heterocycles. The zero-order chi connectivity index (χ0) is 14.3. The summed E-state index contributed by atoms with van der Waals surface area (Å²) in [7, 11) is 0. The first-order valence-electron chi connectivity index (χ1n) is 7.26. The lowest BCUT2D eigenvalue weighted by Crippen LogP contribution is -2.25. The van der Waals surface area contributed by atoms with Crippen molar-refractivity contribution >= 4 is 0 Å². The normalized spacial score (nSPS) is 12.5. The summed E-state index contributed by atoms with van der Waals surface area (Å²) in [6.45, 7) is 12.8. The Labute approximate surface area is 117 Å². The van der Waals surface area contributed by atoms with Crippen LogP contribution in [0.5, 0.6) is 11.5 Å². The van der Waals surface area contributed by atoms with E-state index in [4.69, 9.17) is 9.47 Å². The molecule has 0 bridgehead atoms. The number of nitrogens with one attached hydrogen (secondary N) is 1. The first kappa shape index (κ1) is 15.8. The average Bonchev–Trinajstić information content (AvgIpc) is 2.38. The Hall–Kier alpha value is -1.22. The quantitative estimate of drug-likeness (QED) is 0.775. The predicted octanol–water partition coefficient (Wildman–Crippen LogP) is 3.79. The standard InChI is InChI=1S/C16H27NO2/c1-6-17-16(12(4)5)13-9-10-14(18-7-2)15(11-13)19-8-3/h9-12,16-17H,6-8H2,1-5H3. The molecule has 1 aromatic rings. The molecule has 1 unspecified atom stereocenters. The van der Waals surface area contributed by atoms with Crippen LogP contribution in [0.1, 0.15) is 46.2 Å². The molecule has 1 atom stereocenters. The van der Waals surface area contributed by atoms with Crippen LogP contribution >= 0.6 is 0 Å². The molecule has 0 aliphatic heterocycles. The van der Waals surface area contributed by atoms with E-state index in [1.54, 1.807) is 0 Å². The summed E-state index contributed by atoms with van der Waals surface area (Å²) < 4.78 is 11.3. The molecule has 0 spiro atoms. The third-order valence-corrected chi connectivity index (χ3v) is 3.02. The van der Waals surface area contributed by atoms with Gasteiger partial charge in [0.2, 0.25) is 0 Å². The smallest absolute Gasteiger partial charge is 0.161 e. The maximum Gasteiger partial charge on any atom is 0.161 e. The summed E-state index contributed by atoms with van der Waals surface area (Å²) in [5.74, 6) is 2.20. The summed E-state index contributed by atoms with van der Waals surface area (Å²) in [4.78, 5) is 0. The van der Waals surface area contributed by atoms with Crippen LogP contribution in [0.25, 0.3) is 0 Å². The van der Waals surface area contributed by atoms with Crippen LogP contribution in [0, 0.1) is 5.92 Å². The first-order chi connectivity index (χ1) is 9.13. The molecule has 108 valence electrons. The van der Waals surface area contributed by atoms with Crippen molar-refractivity contribution in [3.05, 3.63) is 23.8 Å². The molecule has 0 saturated heterocycles. The van der Waals surface area contributed by atoms with Gasteiger partial charge in [-0.25, -0.2) is 0 Å². The van der Waals surface area contributed by atoms with Gasteiger partial charge in [-0.1, -0.05) is 26.8 Å². The van der Waals surface area contributed by atoms with E-state index in [-0.39, 0.29) is 0 Å². The lowest BCUT2D eigenvalue weighted by Gasteiger charge is -2.23. The van der Waals surface area contributed by atoms with Gasteiger partial charge in [-0.15, -0.1) is 0 Å². The van der Waals surface area contributed by atoms with E-state index < -0.39 is 0 Å². The molecule has 3 heteroatoms. The molecule has 0 amide bonds. The molecule has 0 heterocycles. The Bertz CT molecular complexity index is 377. The maximum atomic E-state index is 5.69. The fraction of sp³-hybridized carbons (Fsp3) is 0.625. The van der Waals surface area contributed by atoms with Gasteiger partial charge in [-0.05, 0) is 44.0 Å². The number of rotatable bonds is 8. The van der Waals surface area contributed by atoms with Crippen LogP contribution in [0.4, 0.5) is 0 Å². The molecule has 19 heavy (non-hydrogen) atoms. The molecule has 3 nitrogen and oxygen atoms in total. The van der Waals surface area contributed by atoms with E-state index in [1.165, 1.54) is 5.56 Å². The highest BCUT2D eigenvalue weighted by molar-refractivity contribution is 5.44. The largest absolute Gasteiger partial charge is 0.490 e. The van der Waals surface area contributed by atoms with Gasteiger partial charge in [0.05, 0.1) is 13.2 Å². The summed E-state index contributed by atoms with van der Waals surface area (Å²) >= 11 is 0. The Morgan fingerprint density at radius 1 is 1.00 bits per heavy atom. The molecule has 1 N–H and O–H groups in total. The minimum atomic E-state index is 0.347. The highest BCUT2D eigenvalue weighted by Crippen LogP contribution is 2.32. The molecule has 0 radical (unpaired) electrons. The van der Waals surface area contributed by atoms with Gasteiger partial charge < -0.3 is 14.8 Å². The van der Waals surface area contributed by atoms with Crippen molar-refractivity contribution < 1.29 is 9.47 Å². The Morgan fingerprint density at radius 2 is 1.63 bits per heavy atom. The van der Waals surface area contributed by atoms with E-state index in [9.17, 15) is 0 Å². The van der Waals surface area contributed by atoms with Gasteiger partial charge >= 0.3 is 0 Å². The van der Waals surface area contributed by atoms with Crippen molar-refractivity contribution in [1.29, 1.82) is 0 Å². The molecular formula is C16H27NO2. The fourth-order valence-corrected chi connectivity index (χ4v) is 2.22. The molecule has 1 rings (SSSR count). The highest BCUT2D eigenvalue weighted by atomic mass is 16.5. The van der Waals surface area contributed by atoms with E-state index in [0.717, 1.165) is 18.0 Å². The maximum absolute atomic E-state index is 5.69. The van der Waals surface area contributed by atoms with E-state index in [1.807, 2.05) is 19.9 Å². The van der Waals surface area contributed by atoms with E-state index in [2.05, 4.69) is 38.2 Å². The summed E-state index contributed by atoms with van der Waals surface area (Å²) in [5.41, 5.74) is 1.25. The second-order valence-corrected chi connectivity index (χ2v) is 4.85. The molecule has 1 aromatic carbocycles. The first-order valence-corrected chi connectivity index (χ1v) is 7.26. The van der Waals surface area contributed by atoms with Crippen LogP contribution in [-0.4, -0.2) is 19.8 Å². The van der Waals surface area contributed by atoms with Crippen molar-refractivity contribution in [3.63, 3.8) is 0 Å². The monoisotopic (exact) mass is 265 g/mol. The Morgan fingerprint density at radius 3 is 2.16 bits per heavy atom. The van der Waals surface area contributed by atoms with Gasteiger partial charge in [0.1, 0.15) is 0 Å². The summed E-state index contributed by atoms with van der Waals surface area (Å²) in [6, 6.07) is 6.58. The van der Waals surface area contributed by atoms with Gasteiger partial charge in [-0.2, -0.15) is 0 Å². The molecule has 0 saturated carbocycles. The highest BCUT2D eigenvalue weighted by Gasteiger charge is 2.16. The van der Waals surface area contributed by atoms with Crippen molar-refractivity contribution in [2.75, 3.05) is 19.8 Å². The lowest BCUT2D eigenvalue weighted by atomic mass is 9.95. The average molecular weight is 265 g/mol. The Kier molecular flexibility index (Phi) is 6.71. The number of benzene rings is 1. The second kappa shape index (κ2) is 8.05. The summed E-state index contributed by atoms with van der Waals surface area (Å²) in [5, 5.41) is 3.52. The fourth-order valence-electron chi connectivity index (χ4n) is 2.22. The lowest BCUT2D eigenvalue weighted by molar-refractivity contribution is 0.286. The minimum Gasteiger partial charge on any atom is -0.490 e. The van der Waals surface area contributed by atoms with Crippen molar-refractivity contribution in [3.8, 4) is 11.5 Å². The molecule has 0 aliphatic rings. The molecule has 0 aliphatic carbocycles. The third-order valence-electron chi connectivity index (χ3n) is 3.02. The summed E-state index contributed by atoms with van der Waals surface area (Å²) in [6.07, 6.45) is 0. The number of hydrogen-bond acceptors (Lipinski definition) is 3. The van der Waals surface area contributed by atoms with Crippen LogP contribution in [0.15, 0.2) is 18.2 Å². The van der Waals surface area contributed by atoms with Gasteiger partial charge in [0.15, 0.2) is 11.5 Å². The minimum absolute atomic E-state index is 0.347. The zero-order valence-corrected chi connectivity index (χ0v) is 12.8. The van der Waals surface area contributed by atoms with Crippen molar-refractivity contribution in [2.45, 2.75) is 40.7 Å². The van der Waals surface area contributed by atoms with Crippen molar-refractivity contribution in [2.24, 2.45) is 5.92 Å². The van der Waals surface area contributed by atoms with Crippen LogP contribution in [0.3, 0.4) is 0 Å². The van der Waals surface area contributed by atoms with E-state index >= 15 is 0 Å². The van der Waals surface area contributed by atoms with Crippen LogP contribution < -0.4 is 14.8 Å². The van der Waals surface area contributed by atoms with E-state index in [0.29, 0.717) is 25.2 Å². The van der Waals surface area contributed by atoms with Crippen LogP contribution in [0.2, 0.25) is 0 Å². The SMILES string of the molecule is CCNC(c1ccc(OCC)c(OCC)c1)C(C)C. The number of hydrogen-bond donors (Lipinski definition) is 1. The van der Waals surface area contributed by atoms with Crippen LogP contribution in [-0.2, 0) is 0 Å². The second-order valence-electron chi connectivity index (χ2n) is 4.85. The van der Waals surface area contributed by atoms with Gasteiger partial charge in [0.25, 0.3) is 0 Å². The topological polar surface area (TPSA) is 30.5 Å².